The van der Waals surface area contributed by atoms with Gasteiger partial charge in [0.2, 0.25) is 0 Å². The van der Waals surface area contributed by atoms with Crippen molar-refractivity contribution >= 4 is 27.5 Å². The number of halogens is 2. The summed E-state index contributed by atoms with van der Waals surface area (Å²) in [7, 11) is 0. The van der Waals surface area contributed by atoms with Crippen LogP contribution in [0.15, 0.2) is 22.7 Å². The quantitative estimate of drug-likeness (QED) is 0.885. The summed E-state index contributed by atoms with van der Waals surface area (Å²) >= 11 is 9.44. The van der Waals surface area contributed by atoms with Gasteiger partial charge in [-0.1, -0.05) is 24.6 Å². The smallest absolute Gasteiger partial charge is 0.0548 e. The average Bonchev–Trinajstić information content (AvgIpc) is 2.81. The molecular weight excluding hydrogens is 312 g/mol. The summed E-state index contributed by atoms with van der Waals surface area (Å²) in [5, 5.41) is 4.32. The molecule has 18 heavy (non-hydrogen) atoms. The van der Waals surface area contributed by atoms with Crippen LogP contribution >= 0.6 is 27.5 Å². The lowest BCUT2D eigenvalue weighted by atomic mass is 10.2. The maximum absolute atomic E-state index is 5.98. The van der Waals surface area contributed by atoms with Gasteiger partial charge in [-0.15, -0.1) is 0 Å². The van der Waals surface area contributed by atoms with Gasteiger partial charge in [0.1, 0.15) is 0 Å². The standard InChI is InChI=1S/C14H20BrClN2/c1-2-18-7-3-4-12(18)10-17-9-11-5-6-14(16)13(15)8-11/h5-6,8,12,17H,2-4,7,9-10H2,1H3. The number of benzene rings is 1. The number of likely N-dealkylation sites (tertiary alicyclic amines) is 1. The highest BCUT2D eigenvalue weighted by atomic mass is 79.9. The summed E-state index contributed by atoms with van der Waals surface area (Å²) in [4.78, 5) is 2.56. The molecule has 1 atom stereocenters. The Labute approximate surface area is 123 Å². The maximum Gasteiger partial charge on any atom is 0.0548 e. The molecule has 1 aliphatic heterocycles. The lowest BCUT2D eigenvalue weighted by Gasteiger charge is -2.23. The first-order chi connectivity index (χ1) is 8.70. The van der Waals surface area contributed by atoms with Gasteiger partial charge < -0.3 is 5.32 Å². The van der Waals surface area contributed by atoms with Crippen molar-refractivity contribution in [3.63, 3.8) is 0 Å². The SMILES string of the molecule is CCN1CCCC1CNCc1ccc(Cl)c(Br)c1. The van der Waals surface area contributed by atoms with Crippen LogP contribution in [-0.2, 0) is 6.54 Å². The third-order valence-electron chi connectivity index (χ3n) is 3.60. The van der Waals surface area contributed by atoms with Crippen molar-refractivity contribution in [2.24, 2.45) is 0 Å². The molecule has 1 N–H and O–H groups in total. The van der Waals surface area contributed by atoms with Crippen LogP contribution in [0.2, 0.25) is 5.02 Å². The lowest BCUT2D eigenvalue weighted by molar-refractivity contribution is 0.260. The molecule has 0 spiro atoms. The third-order valence-corrected chi connectivity index (χ3v) is 4.81. The predicted octanol–water partition coefficient (Wildman–Crippen LogP) is 3.68. The minimum absolute atomic E-state index is 0.714. The largest absolute Gasteiger partial charge is 0.311 e. The second-order valence-corrected chi connectivity index (χ2v) is 6.07. The van der Waals surface area contributed by atoms with E-state index in [1.807, 2.05) is 6.07 Å². The van der Waals surface area contributed by atoms with Crippen molar-refractivity contribution in [1.29, 1.82) is 0 Å². The summed E-state index contributed by atoms with van der Waals surface area (Å²) in [6, 6.07) is 6.82. The Bertz CT molecular complexity index is 397. The van der Waals surface area contributed by atoms with Gasteiger partial charge in [-0.05, 0) is 59.6 Å². The van der Waals surface area contributed by atoms with E-state index >= 15 is 0 Å². The summed E-state index contributed by atoms with van der Waals surface area (Å²) in [6.07, 6.45) is 2.66. The van der Waals surface area contributed by atoms with Gasteiger partial charge in [0.15, 0.2) is 0 Å². The molecule has 1 unspecified atom stereocenters. The first-order valence-electron chi connectivity index (χ1n) is 6.59. The Morgan fingerprint density at radius 2 is 2.33 bits per heavy atom. The molecule has 1 aliphatic rings. The lowest BCUT2D eigenvalue weighted by Crippen LogP contribution is -2.37. The Hall–Kier alpha value is -0.0900. The van der Waals surface area contributed by atoms with Crippen molar-refractivity contribution in [2.45, 2.75) is 32.4 Å². The first kappa shape index (κ1) is 14.3. The van der Waals surface area contributed by atoms with E-state index < -0.39 is 0 Å². The molecule has 1 aromatic carbocycles. The number of likely N-dealkylation sites (N-methyl/N-ethyl adjacent to an activating group) is 1. The van der Waals surface area contributed by atoms with Gasteiger partial charge in [-0.25, -0.2) is 0 Å². The van der Waals surface area contributed by atoms with E-state index in [1.165, 1.54) is 31.5 Å². The van der Waals surface area contributed by atoms with E-state index in [4.69, 9.17) is 11.6 Å². The van der Waals surface area contributed by atoms with Crippen molar-refractivity contribution in [3.05, 3.63) is 33.3 Å². The van der Waals surface area contributed by atoms with Gasteiger partial charge >= 0.3 is 0 Å². The molecule has 4 heteroatoms. The van der Waals surface area contributed by atoms with Gasteiger partial charge in [0.05, 0.1) is 5.02 Å². The van der Waals surface area contributed by atoms with Crippen LogP contribution in [0.5, 0.6) is 0 Å². The third kappa shape index (κ3) is 3.70. The molecule has 0 aliphatic carbocycles. The highest BCUT2D eigenvalue weighted by molar-refractivity contribution is 9.10. The van der Waals surface area contributed by atoms with Gasteiger partial charge in [0.25, 0.3) is 0 Å². The Kier molecular flexibility index (Phi) is 5.49. The number of hydrogen-bond donors (Lipinski definition) is 1. The number of nitrogens with zero attached hydrogens (tertiary/aromatic N) is 1. The molecule has 2 rings (SSSR count). The van der Waals surface area contributed by atoms with Gasteiger partial charge in [0, 0.05) is 23.6 Å². The molecule has 100 valence electrons. The van der Waals surface area contributed by atoms with Crippen LogP contribution < -0.4 is 5.32 Å². The Morgan fingerprint density at radius 3 is 3.06 bits per heavy atom. The molecule has 1 fully saturated rings. The normalized spacial score (nSPS) is 20.5. The zero-order chi connectivity index (χ0) is 13.0. The maximum atomic E-state index is 5.98. The second-order valence-electron chi connectivity index (χ2n) is 4.80. The molecule has 0 amide bonds. The fraction of sp³-hybridized carbons (Fsp3) is 0.571. The van der Waals surface area contributed by atoms with E-state index in [-0.39, 0.29) is 0 Å². The van der Waals surface area contributed by atoms with Crippen molar-refractivity contribution in [3.8, 4) is 0 Å². The minimum Gasteiger partial charge on any atom is -0.311 e. The predicted molar refractivity (Wildman–Crippen MR) is 81.1 cm³/mol. The number of hydrogen-bond acceptors (Lipinski definition) is 2. The number of rotatable bonds is 5. The van der Waals surface area contributed by atoms with E-state index in [9.17, 15) is 0 Å². The van der Waals surface area contributed by atoms with E-state index in [1.54, 1.807) is 0 Å². The summed E-state index contributed by atoms with van der Waals surface area (Å²) in [5.74, 6) is 0. The molecule has 0 bridgehead atoms. The van der Waals surface area contributed by atoms with Crippen LogP contribution in [0.4, 0.5) is 0 Å². The summed E-state index contributed by atoms with van der Waals surface area (Å²) in [6.45, 7) is 6.65. The van der Waals surface area contributed by atoms with Crippen LogP contribution in [0, 0.1) is 0 Å². The molecule has 1 saturated heterocycles. The molecule has 2 nitrogen and oxygen atoms in total. The highest BCUT2D eigenvalue weighted by Gasteiger charge is 2.21. The van der Waals surface area contributed by atoms with Crippen molar-refractivity contribution in [1.82, 2.24) is 10.2 Å². The summed E-state index contributed by atoms with van der Waals surface area (Å²) < 4.78 is 0.972. The second kappa shape index (κ2) is 6.90. The van der Waals surface area contributed by atoms with Gasteiger partial charge in [-0.2, -0.15) is 0 Å². The van der Waals surface area contributed by atoms with Crippen LogP contribution in [-0.4, -0.2) is 30.6 Å². The molecule has 1 heterocycles. The van der Waals surface area contributed by atoms with E-state index in [0.29, 0.717) is 6.04 Å². The fourth-order valence-electron chi connectivity index (χ4n) is 2.58. The molecule has 1 aromatic rings. The van der Waals surface area contributed by atoms with E-state index in [2.05, 4.69) is 45.2 Å². The van der Waals surface area contributed by atoms with Gasteiger partial charge in [-0.3, -0.25) is 4.90 Å². The zero-order valence-corrected chi connectivity index (χ0v) is 13.1. The minimum atomic E-state index is 0.714. The van der Waals surface area contributed by atoms with E-state index in [0.717, 1.165) is 22.6 Å². The Balaban J connectivity index is 1.79. The number of nitrogens with one attached hydrogen (secondary N) is 1. The average molecular weight is 332 g/mol. The highest BCUT2D eigenvalue weighted by Crippen LogP contribution is 2.23. The van der Waals surface area contributed by atoms with Crippen molar-refractivity contribution < 1.29 is 0 Å². The molecular formula is C14H20BrClN2. The topological polar surface area (TPSA) is 15.3 Å². The molecule has 0 saturated carbocycles. The molecule has 0 aromatic heterocycles. The van der Waals surface area contributed by atoms with Crippen LogP contribution in [0.3, 0.4) is 0 Å². The monoisotopic (exact) mass is 330 g/mol. The Morgan fingerprint density at radius 1 is 1.50 bits per heavy atom. The van der Waals surface area contributed by atoms with Crippen LogP contribution in [0.1, 0.15) is 25.3 Å². The summed E-state index contributed by atoms with van der Waals surface area (Å²) in [5.41, 5.74) is 1.27. The zero-order valence-electron chi connectivity index (χ0n) is 10.8. The van der Waals surface area contributed by atoms with Crippen LogP contribution in [0.25, 0.3) is 0 Å². The molecule has 0 radical (unpaired) electrons. The first-order valence-corrected chi connectivity index (χ1v) is 7.76. The fourth-order valence-corrected chi connectivity index (χ4v) is 3.12. The van der Waals surface area contributed by atoms with Crippen molar-refractivity contribution in [2.75, 3.05) is 19.6 Å².